The van der Waals surface area contributed by atoms with Gasteiger partial charge in [-0.1, -0.05) is 31.0 Å². The quantitative estimate of drug-likeness (QED) is 0.386. The lowest BCUT2D eigenvalue weighted by molar-refractivity contribution is -0.137. The van der Waals surface area contributed by atoms with Crippen LogP contribution in [0.2, 0.25) is 5.02 Å². The Kier molecular flexibility index (Phi) is 11.2. The Morgan fingerprint density at radius 1 is 1.08 bits per heavy atom. The van der Waals surface area contributed by atoms with Crippen molar-refractivity contribution in [1.82, 2.24) is 14.5 Å². The summed E-state index contributed by atoms with van der Waals surface area (Å²) in [6.45, 7) is 10.5. The summed E-state index contributed by atoms with van der Waals surface area (Å²) in [6.07, 6.45) is 8.41. The van der Waals surface area contributed by atoms with E-state index < -0.39 is 9.71 Å². The van der Waals surface area contributed by atoms with Crippen LogP contribution in [0.5, 0.6) is 5.75 Å². The topological polar surface area (TPSA) is 91.4 Å². The Labute approximate surface area is 315 Å². The molecular formula is C41H57ClN4O5S. The van der Waals surface area contributed by atoms with E-state index in [-0.39, 0.29) is 28.4 Å². The maximum atomic E-state index is 14.0. The molecule has 2 aliphatic carbocycles. The summed E-state index contributed by atoms with van der Waals surface area (Å²) in [5.74, 6) is 6.29. The van der Waals surface area contributed by atoms with Crippen LogP contribution in [0.25, 0.3) is 0 Å². The second-order valence-corrected chi connectivity index (χ2v) is 19.3. The van der Waals surface area contributed by atoms with Gasteiger partial charge in [-0.3, -0.25) is 19.2 Å². The summed E-state index contributed by atoms with van der Waals surface area (Å²) in [5.41, 5.74) is 3.80. The van der Waals surface area contributed by atoms with Crippen molar-refractivity contribution in [3.8, 4) is 5.75 Å². The number of aryl methyl sites for hydroxylation is 1. The van der Waals surface area contributed by atoms with E-state index in [1.54, 1.807) is 13.2 Å². The molecule has 52 heavy (non-hydrogen) atoms. The van der Waals surface area contributed by atoms with Crippen molar-refractivity contribution >= 4 is 44.7 Å². The first-order valence-corrected chi connectivity index (χ1v) is 21.6. The maximum absolute atomic E-state index is 14.0. The molecule has 284 valence electrons. The van der Waals surface area contributed by atoms with Gasteiger partial charge in [-0.25, -0.2) is 4.21 Å². The molecule has 2 bridgehead atoms. The van der Waals surface area contributed by atoms with Crippen molar-refractivity contribution in [3.63, 3.8) is 0 Å². The molecule has 1 saturated carbocycles. The highest BCUT2D eigenvalue weighted by molar-refractivity contribution is 7.99. The van der Waals surface area contributed by atoms with E-state index in [0.29, 0.717) is 49.6 Å². The number of amides is 2. The van der Waals surface area contributed by atoms with Gasteiger partial charge in [0.25, 0.3) is 5.91 Å². The third kappa shape index (κ3) is 7.73. The van der Waals surface area contributed by atoms with Crippen LogP contribution in [-0.2, 0) is 31.1 Å². The van der Waals surface area contributed by atoms with E-state index in [2.05, 4.69) is 39.4 Å². The summed E-state index contributed by atoms with van der Waals surface area (Å²) in [5, 5.41) is 0.485. The number of methoxy groups -OCH3 is 1. The third-order valence-electron chi connectivity index (χ3n) is 13.2. The smallest absolute Gasteiger partial charge is 0.262 e. The number of hydrogen-bond donors (Lipinski definition) is 1. The molecule has 2 amide bonds. The van der Waals surface area contributed by atoms with Gasteiger partial charge in [0, 0.05) is 67.6 Å². The zero-order valence-corrected chi connectivity index (χ0v) is 32.8. The van der Waals surface area contributed by atoms with Gasteiger partial charge in [-0.05, 0) is 123 Å². The Morgan fingerprint density at radius 2 is 1.92 bits per heavy atom. The normalized spacial score (nSPS) is 33.0. The monoisotopic (exact) mass is 752 g/mol. The summed E-state index contributed by atoms with van der Waals surface area (Å²) >= 11 is 6.50. The first-order valence-electron chi connectivity index (χ1n) is 19.4. The number of carbonyl (C=O) groups excluding carboxylic acids is 2. The number of nitrogens with one attached hydrogen (secondary N) is 1. The summed E-state index contributed by atoms with van der Waals surface area (Å²) in [7, 11) is -1.23. The molecule has 0 aromatic heterocycles. The molecule has 1 saturated heterocycles. The standard InChI is InChI=1S/C41H57ClN4O5S/c1-28-7-5-8-32(23-44-17-18-45(19-20-50-3)39(47)25-44)35-13-10-33(35)24-46-26-41(16-6-9-30-21-34(42)12-14-36(30)41)27-51-38-15-11-31(22-37(38)46)40(48)43-52(4,49)29(28)2/h11-12,14-15,21-22,28-29,32-33,35H,4-10,13,16-20,23-27H2,1-3H3,(H,43,48,49)/t28-,29+,32-,33-,35-,41-,52?/m0/s1. The molecule has 1 N–H and O–H groups in total. The highest BCUT2D eigenvalue weighted by Crippen LogP contribution is 2.48. The molecular weight excluding hydrogens is 696 g/mol. The fourth-order valence-electron chi connectivity index (χ4n) is 9.72. The van der Waals surface area contributed by atoms with Gasteiger partial charge in [0.1, 0.15) is 5.75 Å². The number of piperazine rings is 1. The van der Waals surface area contributed by atoms with E-state index in [0.717, 1.165) is 94.1 Å². The van der Waals surface area contributed by atoms with Crippen molar-refractivity contribution in [3.05, 3.63) is 58.1 Å². The fourth-order valence-corrected chi connectivity index (χ4v) is 11.4. The molecule has 2 fully saturated rings. The van der Waals surface area contributed by atoms with Crippen molar-refractivity contribution in [1.29, 1.82) is 0 Å². The predicted octanol–water partition coefficient (Wildman–Crippen LogP) is 5.82. The van der Waals surface area contributed by atoms with E-state index in [1.165, 1.54) is 17.5 Å². The minimum Gasteiger partial charge on any atom is -0.490 e. The minimum absolute atomic E-state index is 0.127. The molecule has 7 atom stereocenters. The average Bonchev–Trinajstić information content (AvgIpc) is 3.25. The molecule has 11 heteroatoms. The summed E-state index contributed by atoms with van der Waals surface area (Å²) in [4.78, 5) is 33.7. The van der Waals surface area contributed by atoms with Gasteiger partial charge >= 0.3 is 0 Å². The number of rotatable bonds is 5. The molecule has 5 aliphatic rings. The van der Waals surface area contributed by atoms with E-state index in [9.17, 15) is 13.8 Å². The molecule has 3 heterocycles. The molecule has 2 aromatic rings. The van der Waals surface area contributed by atoms with E-state index in [1.807, 2.05) is 30.0 Å². The first kappa shape index (κ1) is 37.5. The van der Waals surface area contributed by atoms with Crippen LogP contribution in [0, 0.1) is 23.7 Å². The highest BCUT2D eigenvalue weighted by Gasteiger charge is 2.45. The number of ether oxygens (including phenoxy) is 2. The molecule has 1 spiro atoms. The number of nitrogens with zero attached hydrogens (tertiary/aromatic N) is 3. The second-order valence-electron chi connectivity index (χ2n) is 16.4. The molecule has 2 aromatic carbocycles. The molecule has 0 radical (unpaired) electrons. The van der Waals surface area contributed by atoms with Crippen molar-refractivity contribution in [2.24, 2.45) is 23.7 Å². The Hall–Kier alpha value is -2.79. The number of hydrogen-bond acceptors (Lipinski definition) is 7. The van der Waals surface area contributed by atoms with Gasteiger partial charge in [0.15, 0.2) is 0 Å². The van der Waals surface area contributed by atoms with Crippen LogP contribution in [0.1, 0.15) is 80.3 Å². The number of fused-ring (bicyclic) bond motifs is 4. The summed E-state index contributed by atoms with van der Waals surface area (Å²) in [6, 6.07) is 12.0. The van der Waals surface area contributed by atoms with Crippen molar-refractivity contribution in [2.45, 2.75) is 75.9 Å². The molecule has 7 rings (SSSR count). The van der Waals surface area contributed by atoms with Crippen LogP contribution in [0.4, 0.5) is 5.69 Å². The zero-order chi connectivity index (χ0) is 36.6. The second kappa shape index (κ2) is 15.5. The van der Waals surface area contributed by atoms with Crippen LogP contribution >= 0.6 is 11.6 Å². The van der Waals surface area contributed by atoms with Gasteiger partial charge in [0.2, 0.25) is 5.91 Å². The van der Waals surface area contributed by atoms with E-state index >= 15 is 0 Å². The van der Waals surface area contributed by atoms with Gasteiger partial charge in [0.05, 0.1) is 35.2 Å². The first-order chi connectivity index (χ1) is 25.0. The average molecular weight is 753 g/mol. The van der Waals surface area contributed by atoms with Gasteiger partial charge in [-0.15, -0.1) is 0 Å². The molecule has 3 aliphatic heterocycles. The zero-order valence-electron chi connectivity index (χ0n) is 31.2. The Balaban J connectivity index is 1.22. The highest BCUT2D eigenvalue weighted by atomic mass is 35.5. The lowest BCUT2D eigenvalue weighted by Crippen LogP contribution is -2.53. The largest absolute Gasteiger partial charge is 0.490 e. The van der Waals surface area contributed by atoms with Crippen LogP contribution in [0.15, 0.2) is 36.4 Å². The maximum Gasteiger partial charge on any atom is 0.262 e. The third-order valence-corrected chi connectivity index (χ3v) is 15.6. The lowest BCUT2D eigenvalue weighted by atomic mass is 9.65. The van der Waals surface area contributed by atoms with Gasteiger partial charge in [-0.2, -0.15) is 0 Å². The molecule has 9 nitrogen and oxygen atoms in total. The fraction of sp³-hybridized carbons (Fsp3) is 0.634. The number of carbonyl (C=O) groups is 2. The number of halogens is 1. The van der Waals surface area contributed by atoms with Crippen molar-refractivity contribution < 1.29 is 23.3 Å². The van der Waals surface area contributed by atoms with Crippen LogP contribution < -0.4 is 14.4 Å². The molecule has 1 unspecified atom stereocenters. The van der Waals surface area contributed by atoms with Crippen LogP contribution in [0.3, 0.4) is 0 Å². The Bertz CT molecular complexity index is 1750. The number of anilines is 1. The summed E-state index contributed by atoms with van der Waals surface area (Å²) < 4.78 is 28.8. The Morgan fingerprint density at radius 3 is 2.69 bits per heavy atom. The van der Waals surface area contributed by atoms with E-state index in [4.69, 9.17) is 21.1 Å². The predicted molar refractivity (Wildman–Crippen MR) is 210 cm³/mol. The lowest BCUT2D eigenvalue weighted by Gasteiger charge is -2.48. The SMILES string of the molecule is C=S1(=O)NC(=O)c2ccc3c(c2)N(C[C@@H]2CC[C@H]2[C@H](CN2CCN(CCOC)C(=O)C2)CCC[C@H](C)[C@H]1C)C[C@@]1(CCCc2cc(Cl)ccc21)CO3. The number of benzene rings is 2. The minimum atomic E-state index is -2.91. The van der Waals surface area contributed by atoms with Crippen molar-refractivity contribution in [2.75, 3.05) is 71.0 Å². The van der Waals surface area contributed by atoms with Gasteiger partial charge < -0.3 is 19.3 Å². The van der Waals surface area contributed by atoms with Crippen LogP contribution in [-0.4, -0.2) is 103 Å².